The summed E-state index contributed by atoms with van der Waals surface area (Å²) < 4.78 is 23.9. The summed E-state index contributed by atoms with van der Waals surface area (Å²) in [6, 6.07) is 4.50. The minimum atomic E-state index is -0.427. The summed E-state index contributed by atoms with van der Waals surface area (Å²) in [5, 5.41) is 3.53. The van der Waals surface area contributed by atoms with Gasteiger partial charge in [0.15, 0.2) is 11.6 Å². The second-order valence-corrected chi connectivity index (χ2v) is 4.46. The molecule has 0 spiro atoms. The Morgan fingerprint density at radius 1 is 1.21 bits per heavy atom. The van der Waals surface area contributed by atoms with Gasteiger partial charge in [-0.15, -0.1) is 0 Å². The first-order chi connectivity index (χ1) is 9.25. The standard InChI is InChI=1S/C14H21ClFNO2/c1-2-18-10-4-3-8-17-9-11-19-14-12(15)6-5-7-13(14)16/h5-7,17H,2-4,8-11H2,1H3. The fraction of sp³-hybridized carbons (Fsp3) is 0.571. The molecule has 5 heteroatoms. The fourth-order valence-corrected chi connectivity index (χ4v) is 1.79. The summed E-state index contributed by atoms with van der Waals surface area (Å²) in [5.41, 5.74) is 0. The molecule has 108 valence electrons. The molecule has 3 nitrogen and oxygen atoms in total. The van der Waals surface area contributed by atoms with E-state index in [-0.39, 0.29) is 5.75 Å². The average molecular weight is 290 g/mol. The minimum absolute atomic E-state index is 0.127. The molecule has 0 aromatic heterocycles. The van der Waals surface area contributed by atoms with Crippen molar-refractivity contribution in [3.63, 3.8) is 0 Å². The van der Waals surface area contributed by atoms with Crippen molar-refractivity contribution in [3.8, 4) is 5.75 Å². The second-order valence-electron chi connectivity index (χ2n) is 4.05. The maximum absolute atomic E-state index is 13.4. The second kappa shape index (κ2) is 10.0. The molecule has 0 aliphatic carbocycles. The first-order valence-corrected chi connectivity index (χ1v) is 6.98. The third kappa shape index (κ3) is 6.76. The van der Waals surface area contributed by atoms with Crippen molar-refractivity contribution in [3.05, 3.63) is 29.0 Å². The zero-order valence-corrected chi connectivity index (χ0v) is 12.0. The topological polar surface area (TPSA) is 30.5 Å². The number of unbranched alkanes of at least 4 members (excludes halogenated alkanes) is 1. The van der Waals surface area contributed by atoms with E-state index in [1.54, 1.807) is 12.1 Å². The Bertz CT molecular complexity index is 343. The van der Waals surface area contributed by atoms with Crippen molar-refractivity contribution in [2.45, 2.75) is 19.8 Å². The molecule has 19 heavy (non-hydrogen) atoms. The zero-order chi connectivity index (χ0) is 13.9. The van der Waals surface area contributed by atoms with Crippen LogP contribution in [0.1, 0.15) is 19.8 Å². The highest BCUT2D eigenvalue weighted by Crippen LogP contribution is 2.26. The molecule has 0 aliphatic heterocycles. The molecule has 1 aromatic carbocycles. The monoisotopic (exact) mass is 289 g/mol. The van der Waals surface area contributed by atoms with Crippen molar-refractivity contribution >= 4 is 11.6 Å². The van der Waals surface area contributed by atoms with Gasteiger partial charge < -0.3 is 14.8 Å². The van der Waals surface area contributed by atoms with Gasteiger partial charge in [0.1, 0.15) is 6.61 Å². The van der Waals surface area contributed by atoms with Crippen LogP contribution in [-0.4, -0.2) is 32.9 Å². The number of ether oxygens (including phenoxy) is 2. The lowest BCUT2D eigenvalue weighted by atomic mass is 10.3. The highest BCUT2D eigenvalue weighted by Gasteiger charge is 2.07. The van der Waals surface area contributed by atoms with Crippen molar-refractivity contribution < 1.29 is 13.9 Å². The van der Waals surface area contributed by atoms with Crippen molar-refractivity contribution in [1.82, 2.24) is 5.32 Å². The number of nitrogens with one attached hydrogen (secondary N) is 1. The summed E-state index contributed by atoms with van der Waals surface area (Å²) in [5.74, 6) is -0.300. The van der Waals surface area contributed by atoms with Crippen LogP contribution in [0.4, 0.5) is 4.39 Å². The normalized spacial score (nSPS) is 10.7. The first kappa shape index (κ1) is 16.2. The van der Waals surface area contributed by atoms with E-state index >= 15 is 0 Å². The SMILES string of the molecule is CCOCCCCNCCOc1c(F)cccc1Cl. The Morgan fingerprint density at radius 3 is 2.79 bits per heavy atom. The molecule has 0 atom stereocenters. The molecular weight excluding hydrogens is 269 g/mol. The Morgan fingerprint density at radius 2 is 2.05 bits per heavy atom. The van der Waals surface area contributed by atoms with Gasteiger partial charge in [-0.2, -0.15) is 0 Å². The number of hydrogen-bond acceptors (Lipinski definition) is 3. The van der Waals surface area contributed by atoms with Gasteiger partial charge in [-0.1, -0.05) is 17.7 Å². The number of para-hydroxylation sites is 1. The smallest absolute Gasteiger partial charge is 0.173 e. The van der Waals surface area contributed by atoms with E-state index < -0.39 is 5.82 Å². The van der Waals surface area contributed by atoms with Gasteiger partial charge in [0.2, 0.25) is 0 Å². The average Bonchev–Trinajstić information content (AvgIpc) is 2.40. The Labute approximate surface area is 119 Å². The highest BCUT2D eigenvalue weighted by atomic mass is 35.5. The van der Waals surface area contributed by atoms with E-state index in [1.165, 1.54) is 6.07 Å². The third-order valence-corrected chi connectivity index (χ3v) is 2.84. The van der Waals surface area contributed by atoms with Crippen LogP contribution in [0.2, 0.25) is 5.02 Å². The molecule has 1 rings (SSSR count). The predicted octanol–water partition coefficient (Wildman–Crippen LogP) is 3.26. The molecule has 0 amide bonds. The largest absolute Gasteiger partial charge is 0.488 e. The summed E-state index contributed by atoms with van der Waals surface area (Å²) in [4.78, 5) is 0. The summed E-state index contributed by atoms with van der Waals surface area (Å²) in [6.07, 6.45) is 2.10. The molecular formula is C14H21ClFNO2. The summed E-state index contributed by atoms with van der Waals surface area (Å²) >= 11 is 5.84. The number of benzene rings is 1. The molecule has 0 unspecified atom stereocenters. The van der Waals surface area contributed by atoms with Crippen molar-refractivity contribution in [2.75, 3.05) is 32.9 Å². The third-order valence-electron chi connectivity index (χ3n) is 2.54. The predicted molar refractivity (Wildman–Crippen MR) is 75.5 cm³/mol. The van der Waals surface area contributed by atoms with Crippen LogP contribution >= 0.6 is 11.6 Å². The van der Waals surface area contributed by atoms with Crippen LogP contribution in [0.25, 0.3) is 0 Å². The number of halogens is 2. The molecule has 0 bridgehead atoms. The van der Waals surface area contributed by atoms with Gasteiger partial charge in [0, 0.05) is 19.8 Å². The lowest BCUT2D eigenvalue weighted by Gasteiger charge is -2.09. The van der Waals surface area contributed by atoms with Crippen LogP contribution in [-0.2, 0) is 4.74 Å². The molecule has 0 fully saturated rings. The lowest BCUT2D eigenvalue weighted by Crippen LogP contribution is -2.22. The molecule has 0 saturated carbocycles. The molecule has 1 N–H and O–H groups in total. The van der Waals surface area contributed by atoms with Crippen LogP contribution < -0.4 is 10.1 Å². The van der Waals surface area contributed by atoms with Gasteiger partial charge in [0.05, 0.1) is 5.02 Å². The molecule has 0 heterocycles. The maximum Gasteiger partial charge on any atom is 0.173 e. The van der Waals surface area contributed by atoms with Crippen LogP contribution in [0.3, 0.4) is 0 Å². The molecule has 0 saturated heterocycles. The van der Waals surface area contributed by atoms with Crippen molar-refractivity contribution in [2.24, 2.45) is 0 Å². The van der Waals surface area contributed by atoms with Gasteiger partial charge in [-0.25, -0.2) is 4.39 Å². The fourth-order valence-electron chi connectivity index (χ4n) is 1.57. The summed E-state index contributed by atoms with van der Waals surface area (Å²) in [6.45, 7) is 5.53. The maximum atomic E-state index is 13.4. The molecule has 0 aliphatic rings. The van der Waals surface area contributed by atoms with Gasteiger partial charge >= 0.3 is 0 Å². The Balaban J connectivity index is 2.05. The van der Waals surface area contributed by atoms with Crippen molar-refractivity contribution in [1.29, 1.82) is 0 Å². The molecule has 0 radical (unpaired) electrons. The molecule has 1 aromatic rings. The van der Waals surface area contributed by atoms with Gasteiger partial charge in [0.25, 0.3) is 0 Å². The van der Waals surface area contributed by atoms with E-state index in [4.69, 9.17) is 21.1 Å². The van der Waals surface area contributed by atoms with E-state index in [2.05, 4.69) is 5.32 Å². The minimum Gasteiger partial charge on any atom is -0.488 e. The zero-order valence-electron chi connectivity index (χ0n) is 11.3. The lowest BCUT2D eigenvalue weighted by molar-refractivity contribution is 0.143. The number of hydrogen-bond donors (Lipinski definition) is 1. The van der Waals surface area contributed by atoms with Gasteiger partial charge in [-0.3, -0.25) is 0 Å². The van der Waals surface area contributed by atoms with Crippen LogP contribution in [0, 0.1) is 5.82 Å². The van der Waals surface area contributed by atoms with E-state index in [9.17, 15) is 4.39 Å². The van der Waals surface area contributed by atoms with E-state index in [1.807, 2.05) is 6.92 Å². The van der Waals surface area contributed by atoms with Crippen LogP contribution in [0.15, 0.2) is 18.2 Å². The number of rotatable bonds is 10. The van der Waals surface area contributed by atoms with E-state index in [0.717, 1.165) is 32.6 Å². The Kier molecular flexibility index (Phi) is 8.54. The quantitative estimate of drug-likeness (QED) is 0.671. The van der Waals surface area contributed by atoms with E-state index in [0.29, 0.717) is 18.2 Å². The Hall–Kier alpha value is -0.840. The first-order valence-electron chi connectivity index (χ1n) is 6.61. The summed E-state index contributed by atoms with van der Waals surface area (Å²) in [7, 11) is 0. The highest BCUT2D eigenvalue weighted by molar-refractivity contribution is 6.32. The van der Waals surface area contributed by atoms with Gasteiger partial charge in [-0.05, 0) is 38.4 Å². The van der Waals surface area contributed by atoms with Crippen LogP contribution in [0.5, 0.6) is 5.75 Å².